The maximum atomic E-state index is 5.70. The van der Waals surface area contributed by atoms with Crippen molar-refractivity contribution in [2.75, 3.05) is 27.2 Å². The third-order valence-electron chi connectivity index (χ3n) is 3.62. The fourth-order valence-electron chi connectivity index (χ4n) is 2.31. The molecule has 24 heavy (non-hydrogen) atoms. The lowest BCUT2D eigenvalue weighted by Crippen LogP contribution is -2.19. The van der Waals surface area contributed by atoms with Gasteiger partial charge in [-0.25, -0.2) is 0 Å². The summed E-state index contributed by atoms with van der Waals surface area (Å²) < 4.78 is 5.70. The van der Waals surface area contributed by atoms with Crippen LogP contribution in [0.15, 0.2) is 48.5 Å². The molecule has 0 radical (unpaired) electrons. The van der Waals surface area contributed by atoms with E-state index in [4.69, 9.17) is 4.74 Å². The zero-order chi connectivity index (χ0) is 16.1. The first-order valence-corrected chi connectivity index (χ1v) is 7.71. The van der Waals surface area contributed by atoms with Crippen LogP contribution in [-0.4, -0.2) is 42.3 Å². The predicted molar refractivity (Wildman–Crippen MR) is 103 cm³/mol. The molecule has 0 saturated carbocycles. The van der Waals surface area contributed by atoms with Crippen molar-refractivity contribution in [3.05, 3.63) is 59.8 Å². The van der Waals surface area contributed by atoms with E-state index in [9.17, 15) is 0 Å². The zero-order valence-electron chi connectivity index (χ0n) is 13.9. The highest BCUT2D eigenvalue weighted by atomic mass is 35.5. The van der Waals surface area contributed by atoms with E-state index in [0.717, 1.165) is 34.5 Å². The molecule has 0 spiro atoms. The number of hydrogen-bond donors (Lipinski definition) is 1. The Bertz CT molecular complexity index is 794. The average Bonchev–Trinajstić information content (AvgIpc) is 2.97. The van der Waals surface area contributed by atoms with Crippen molar-refractivity contribution in [1.82, 2.24) is 15.1 Å². The molecule has 0 fully saturated rings. The fraction of sp³-hybridized carbons (Fsp3) is 0.211. The standard InChI is InChI=1S/C19H21N3O.ClH/c1-22(2)13-14-23-16-10-7-15(8-11-16)9-12-19-17-5-3-4-6-18(17)20-21-19;/h3-12H,13-14H2,1-2H3,(H,20,21);1H/b12-9+;. The van der Waals surface area contributed by atoms with Crippen molar-refractivity contribution < 1.29 is 4.74 Å². The normalized spacial score (nSPS) is 11.1. The Morgan fingerprint density at radius 1 is 1.04 bits per heavy atom. The molecule has 2 aromatic carbocycles. The second kappa shape index (κ2) is 8.52. The quantitative estimate of drug-likeness (QED) is 0.732. The molecule has 5 heteroatoms. The largest absolute Gasteiger partial charge is 0.492 e. The molecule has 0 aliphatic carbocycles. The van der Waals surface area contributed by atoms with E-state index in [2.05, 4.69) is 39.4 Å². The van der Waals surface area contributed by atoms with Crippen LogP contribution in [0, 0.1) is 0 Å². The van der Waals surface area contributed by atoms with E-state index in [1.54, 1.807) is 0 Å². The Morgan fingerprint density at radius 3 is 2.54 bits per heavy atom. The maximum Gasteiger partial charge on any atom is 0.119 e. The molecule has 1 heterocycles. The van der Waals surface area contributed by atoms with Crippen molar-refractivity contribution in [3.8, 4) is 5.75 Å². The number of ether oxygens (including phenoxy) is 1. The fourth-order valence-corrected chi connectivity index (χ4v) is 2.31. The van der Waals surface area contributed by atoms with Crippen LogP contribution in [0.25, 0.3) is 23.1 Å². The summed E-state index contributed by atoms with van der Waals surface area (Å²) in [7, 11) is 4.08. The van der Waals surface area contributed by atoms with E-state index in [1.165, 1.54) is 0 Å². The summed E-state index contributed by atoms with van der Waals surface area (Å²) in [6, 6.07) is 16.2. The van der Waals surface area contributed by atoms with Gasteiger partial charge in [-0.1, -0.05) is 36.4 Å². The van der Waals surface area contributed by atoms with Gasteiger partial charge >= 0.3 is 0 Å². The Morgan fingerprint density at radius 2 is 1.79 bits per heavy atom. The predicted octanol–water partition coefficient (Wildman–Crippen LogP) is 4.10. The highest BCUT2D eigenvalue weighted by Gasteiger charge is 2.01. The lowest BCUT2D eigenvalue weighted by atomic mass is 10.1. The number of nitrogens with one attached hydrogen (secondary N) is 1. The van der Waals surface area contributed by atoms with E-state index in [0.29, 0.717) is 6.61 Å². The van der Waals surface area contributed by atoms with Gasteiger partial charge in [-0.2, -0.15) is 5.10 Å². The van der Waals surface area contributed by atoms with Crippen LogP contribution in [0.3, 0.4) is 0 Å². The smallest absolute Gasteiger partial charge is 0.119 e. The molecule has 0 atom stereocenters. The lowest BCUT2D eigenvalue weighted by Gasteiger charge is -2.10. The SMILES string of the molecule is CN(C)CCOc1ccc(/C=C/c2n[nH]c3ccccc23)cc1.Cl. The summed E-state index contributed by atoms with van der Waals surface area (Å²) in [5, 5.41) is 8.52. The number of halogens is 1. The molecule has 0 unspecified atom stereocenters. The number of benzene rings is 2. The molecule has 0 aliphatic rings. The first-order chi connectivity index (χ1) is 11.2. The van der Waals surface area contributed by atoms with Crippen molar-refractivity contribution in [1.29, 1.82) is 0 Å². The van der Waals surface area contributed by atoms with Gasteiger partial charge in [0, 0.05) is 11.9 Å². The summed E-state index contributed by atoms with van der Waals surface area (Å²) in [4.78, 5) is 2.10. The molecular weight excluding hydrogens is 322 g/mol. The summed E-state index contributed by atoms with van der Waals surface area (Å²) in [6.45, 7) is 1.61. The number of H-pyrrole nitrogens is 1. The van der Waals surface area contributed by atoms with Gasteiger partial charge in [0.15, 0.2) is 0 Å². The number of likely N-dealkylation sites (N-methyl/N-ethyl adjacent to an activating group) is 1. The van der Waals surface area contributed by atoms with Crippen molar-refractivity contribution in [3.63, 3.8) is 0 Å². The second-order valence-corrected chi connectivity index (χ2v) is 5.71. The van der Waals surface area contributed by atoms with Crippen molar-refractivity contribution in [2.45, 2.75) is 0 Å². The first-order valence-electron chi connectivity index (χ1n) is 7.71. The molecule has 3 rings (SSSR count). The summed E-state index contributed by atoms with van der Waals surface area (Å²) in [5.41, 5.74) is 3.13. The molecule has 0 amide bonds. The maximum absolute atomic E-state index is 5.70. The highest BCUT2D eigenvalue weighted by molar-refractivity contribution is 5.89. The van der Waals surface area contributed by atoms with Crippen LogP contribution in [0.2, 0.25) is 0 Å². The van der Waals surface area contributed by atoms with Crippen LogP contribution in [0.1, 0.15) is 11.3 Å². The number of para-hydroxylation sites is 1. The van der Waals surface area contributed by atoms with Gasteiger partial charge in [-0.05, 0) is 43.9 Å². The zero-order valence-corrected chi connectivity index (χ0v) is 14.7. The van der Waals surface area contributed by atoms with E-state index < -0.39 is 0 Å². The average molecular weight is 344 g/mol. The Labute approximate surface area is 148 Å². The van der Waals surface area contributed by atoms with Gasteiger partial charge in [-0.3, -0.25) is 5.10 Å². The Hall–Kier alpha value is -2.30. The van der Waals surface area contributed by atoms with Crippen LogP contribution in [-0.2, 0) is 0 Å². The molecule has 1 N–H and O–H groups in total. The van der Waals surface area contributed by atoms with Crippen LogP contribution < -0.4 is 4.74 Å². The minimum Gasteiger partial charge on any atom is -0.492 e. The van der Waals surface area contributed by atoms with E-state index in [-0.39, 0.29) is 12.4 Å². The molecule has 0 bridgehead atoms. The lowest BCUT2D eigenvalue weighted by molar-refractivity contribution is 0.261. The van der Waals surface area contributed by atoms with Gasteiger partial charge in [0.25, 0.3) is 0 Å². The Kier molecular flexibility index (Phi) is 6.41. The number of fused-ring (bicyclic) bond motifs is 1. The third kappa shape index (κ3) is 4.60. The molecule has 0 saturated heterocycles. The molecule has 4 nitrogen and oxygen atoms in total. The van der Waals surface area contributed by atoms with Gasteiger partial charge < -0.3 is 9.64 Å². The van der Waals surface area contributed by atoms with Crippen molar-refractivity contribution >= 4 is 35.5 Å². The van der Waals surface area contributed by atoms with Crippen LogP contribution in [0.4, 0.5) is 0 Å². The number of aromatic amines is 1. The molecule has 1 aromatic heterocycles. The monoisotopic (exact) mass is 343 g/mol. The van der Waals surface area contributed by atoms with Gasteiger partial charge in [-0.15, -0.1) is 12.4 Å². The molecule has 0 aliphatic heterocycles. The number of rotatable bonds is 6. The number of aromatic nitrogens is 2. The summed E-state index contributed by atoms with van der Waals surface area (Å²) in [6.07, 6.45) is 4.09. The van der Waals surface area contributed by atoms with Crippen molar-refractivity contribution in [2.24, 2.45) is 0 Å². The van der Waals surface area contributed by atoms with Crippen LogP contribution >= 0.6 is 12.4 Å². The van der Waals surface area contributed by atoms with Gasteiger partial charge in [0.05, 0.1) is 11.2 Å². The molecular formula is C19H22ClN3O. The summed E-state index contributed by atoms with van der Waals surface area (Å²) >= 11 is 0. The third-order valence-corrected chi connectivity index (χ3v) is 3.62. The topological polar surface area (TPSA) is 41.1 Å². The van der Waals surface area contributed by atoms with Gasteiger partial charge in [0.2, 0.25) is 0 Å². The molecule has 3 aromatic rings. The highest BCUT2D eigenvalue weighted by Crippen LogP contribution is 2.18. The minimum absolute atomic E-state index is 0. The van der Waals surface area contributed by atoms with Crippen LogP contribution in [0.5, 0.6) is 5.75 Å². The number of hydrogen-bond acceptors (Lipinski definition) is 3. The minimum atomic E-state index is 0. The summed E-state index contributed by atoms with van der Waals surface area (Å²) in [5.74, 6) is 0.897. The van der Waals surface area contributed by atoms with E-state index >= 15 is 0 Å². The molecule has 126 valence electrons. The Balaban J connectivity index is 0.00000208. The van der Waals surface area contributed by atoms with Gasteiger partial charge in [0.1, 0.15) is 12.4 Å². The first kappa shape index (κ1) is 18.0. The second-order valence-electron chi connectivity index (χ2n) is 5.71. The van der Waals surface area contributed by atoms with E-state index in [1.807, 2.05) is 50.5 Å². The number of nitrogens with zero attached hydrogens (tertiary/aromatic N) is 2.